The van der Waals surface area contributed by atoms with E-state index in [1.807, 2.05) is 44.2 Å². The molecule has 31 heavy (non-hydrogen) atoms. The molecule has 6 nitrogen and oxygen atoms in total. The number of carbonyl (C=O) groups excluding carboxylic acids is 2. The van der Waals surface area contributed by atoms with Crippen molar-refractivity contribution in [3.8, 4) is 17.2 Å². The highest BCUT2D eigenvalue weighted by molar-refractivity contribution is 8.18. The number of hydrogen-bond donors (Lipinski definition) is 0. The molecule has 0 unspecified atom stereocenters. The number of imide groups is 1. The van der Waals surface area contributed by atoms with Crippen molar-refractivity contribution in [3.63, 3.8) is 0 Å². The fourth-order valence-electron chi connectivity index (χ4n) is 2.88. The summed E-state index contributed by atoms with van der Waals surface area (Å²) >= 11 is 0.920. The minimum atomic E-state index is -0.326. The molecule has 1 fully saturated rings. The molecule has 1 saturated heterocycles. The Bertz CT molecular complexity index is 984. The number of ether oxygens (including phenoxy) is 3. The highest BCUT2D eigenvalue weighted by Gasteiger charge is 2.34. The van der Waals surface area contributed by atoms with Crippen LogP contribution in [0.1, 0.15) is 18.1 Å². The van der Waals surface area contributed by atoms with E-state index in [-0.39, 0.29) is 24.3 Å². The summed E-state index contributed by atoms with van der Waals surface area (Å²) in [6.07, 6.45) is 3.34. The van der Waals surface area contributed by atoms with Gasteiger partial charge < -0.3 is 14.2 Å². The maximum absolute atomic E-state index is 12.7. The van der Waals surface area contributed by atoms with E-state index in [1.165, 1.54) is 4.90 Å². The van der Waals surface area contributed by atoms with E-state index >= 15 is 0 Å². The normalized spacial score (nSPS) is 14.8. The van der Waals surface area contributed by atoms with E-state index in [1.54, 1.807) is 24.3 Å². The SMILES string of the molecule is C=CCOc1ccc(/C=C2\SC(=O)N(CCOc3ccc(C)cc3)C2=O)cc1OCC. The van der Waals surface area contributed by atoms with Crippen LogP contribution in [0.5, 0.6) is 17.2 Å². The van der Waals surface area contributed by atoms with Crippen LogP contribution in [0.4, 0.5) is 4.79 Å². The number of carbonyl (C=O) groups is 2. The average Bonchev–Trinajstić information content (AvgIpc) is 3.02. The standard InChI is InChI=1S/C24H25NO5S/c1-4-13-30-20-11-8-18(15-21(20)28-5-2)16-22-23(26)25(24(27)31-22)12-14-29-19-9-6-17(3)7-10-19/h4,6-11,15-16H,1,5,12-14H2,2-3H3/b22-16-. The Labute approximate surface area is 186 Å². The second kappa shape index (κ2) is 10.7. The molecule has 2 aromatic carbocycles. The topological polar surface area (TPSA) is 65.1 Å². The molecule has 1 heterocycles. The van der Waals surface area contributed by atoms with Gasteiger partial charge in [-0.1, -0.05) is 36.4 Å². The molecule has 0 N–H and O–H groups in total. The number of nitrogens with zero attached hydrogens (tertiary/aromatic N) is 1. The van der Waals surface area contributed by atoms with Gasteiger partial charge in [0.1, 0.15) is 19.0 Å². The first-order valence-electron chi connectivity index (χ1n) is 9.97. The molecule has 162 valence electrons. The molecule has 7 heteroatoms. The van der Waals surface area contributed by atoms with Crippen molar-refractivity contribution in [3.05, 3.63) is 71.2 Å². The lowest BCUT2D eigenvalue weighted by molar-refractivity contribution is -0.123. The predicted molar refractivity (Wildman–Crippen MR) is 123 cm³/mol. The van der Waals surface area contributed by atoms with Crippen LogP contribution in [0.25, 0.3) is 6.08 Å². The Morgan fingerprint density at radius 1 is 1.03 bits per heavy atom. The zero-order valence-electron chi connectivity index (χ0n) is 17.6. The van der Waals surface area contributed by atoms with Crippen LogP contribution in [0.2, 0.25) is 0 Å². The quantitative estimate of drug-likeness (QED) is 0.380. The van der Waals surface area contributed by atoms with E-state index in [2.05, 4.69) is 6.58 Å². The molecule has 0 radical (unpaired) electrons. The summed E-state index contributed by atoms with van der Waals surface area (Å²) in [5.74, 6) is 1.55. The van der Waals surface area contributed by atoms with Crippen molar-refractivity contribution < 1.29 is 23.8 Å². The zero-order valence-corrected chi connectivity index (χ0v) is 18.4. The Kier molecular flexibility index (Phi) is 7.78. The summed E-state index contributed by atoms with van der Waals surface area (Å²) in [7, 11) is 0. The fraction of sp³-hybridized carbons (Fsp3) is 0.250. The number of thioether (sulfide) groups is 1. The van der Waals surface area contributed by atoms with Crippen LogP contribution in [0.15, 0.2) is 60.0 Å². The van der Waals surface area contributed by atoms with E-state index in [4.69, 9.17) is 14.2 Å². The Balaban J connectivity index is 1.66. The van der Waals surface area contributed by atoms with Gasteiger partial charge in [0.15, 0.2) is 11.5 Å². The van der Waals surface area contributed by atoms with Crippen LogP contribution in [0.3, 0.4) is 0 Å². The Morgan fingerprint density at radius 2 is 1.81 bits per heavy atom. The molecule has 2 amide bonds. The summed E-state index contributed by atoms with van der Waals surface area (Å²) in [4.78, 5) is 26.6. The van der Waals surface area contributed by atoms with E-state index in [0.717, 1.165) is 22.9 Å². The third kappa shape index (κ3) is 5.92. The van der Waals surface area contributed by atoms with Gasteiger partial charge in [-0.25, -0.2) is 0 Å². The lowest BCUT2D eigenvalue weighted by Crippen LogP contribution is -2.32. The third-order valence-electron chi connectivity index (χ3n) is 4.40. The second-order valence-electron chi connectivity index (χ2n) is 6.73. The largest absolute Gasteiger partial charge is 0.492 e. The van der Waals surface area contributed by atoms with E-state index < -0.39 is 0 Å². The van der Waals surface area contributed by atoms with Gasteiger partial charge in [0.2, 0.25) is 0 Å². The van der Waals surface area contributed by atoms with Crippen molar-refractivity contribution in [2.24, 2.45) is 0 Å². The number of benzene rings is 2. The first-order chi connectivity index (χ1) is 15.0. The van der Waals surface area contributed by atoms with E-state index in [0.29, 0.717) is 35.4 Å². The molecule has 0 saturated carbocycles. The molecule has 1 aliphatic heterocycles. The van der Waals surface area contributed by atoms with Crippen LogP contribution in [0, 0.1) is 6.92 Å². The third-order valence-corrected chi connectivity index (χ3v) is 5.31. The Hall–Kier alpha value is -3.19. The summed E-state index contributed by atoms with van der Waals surface area (Å²) < 4.78 is 16.9. The van der Waals surface area contributed by atoms with Crippen LogP contribution in [-0.2, 0) is 4.79 Å². The smallest absolute Gasteiger partial charge is 0.293 e. The summed E-state index contributed by atoms with van der Waals surface area (Å²) in [5, 5.41) is -0.306. The monoisotopic (exact) mass is 439 g/mol. The zero-order chi connectivity index (χ0) is 22.2. The number of amides is 2. The second-order valence-corrected chi connectivity index (χ2v) is 7.73. The van der Waals surface area contributed by atoms with Crippen LogP contribution >= 0.6 is 11.8 Å². The molecule has 1 aliphatic rings. The predicted octanol–water partition coefficient (Wildman–Crippen LogP) is 5.07. The van der Waals surface area contributed by atoms with Crippen molar-refractivity contribution in [1.29, 1.82) is 0 Å². The van der Waals surface area contributed by atoms with Crippen LogP contribution in [-0.4, -0.2) is 42.4 Å². The maximum atomic E-state index is 12.7. The minimum absolute atomic E-state index is 0.189. The lowest BCUT2D eigenvalue weighted by atomic mass is 10.2. The molecular formula is C24H25NO5S. The fourth-order valence-corrected chi connectivity index (χ4v) is 3.75. The van der Waals surface area contributed by atoms with Gasteiger partial charge in [-0.15, -0.1) is 0 Å². The number of hydrogen-bond acceptors (Lipinski definition) is 6. The molecule has 0 aliphatic carbocycles. The average molecular weight is 440 g/mol. The summed E-state index contributed by atoms with van der Waals surface area (Å²) in [6, 6.07) is 13.0. The molecule has 2 aromatic rings. The molecule has 0 atom stereocenters. The van der Waals surface area contributed by atoms with Crippen molar-refractivity contribution >= 4 is 29.0 Å². The molecule has 0 aromatic heterocycles. The van der Waals surface area contributed by atoms with Crippen molar-refractivity contribution in [2.45, 2.75) is 13.8 Å². The maximum Gasteiger partial charge on any atom is 0.293 e. The minimum Gasteiger partial charge on any atom is -0.492 e. The first kappa shape index (κ1) is 22.5. The highest BCUT2D eigenvalue weighted by atomic mass is 32.2. The van der Waals surface area contributed by atoms with E-state index in [9.17, 15) is 9.59 Å². The highest BCUT2D eigenvalue weighted by Crippen LogP contribution is 2.34. The Morgan fingerprint density at radius 3 is 2.52 bits per heavy atom. The summed E-state index contributed by atoms with van der Waals surface area (Å²) in [5.41, 5.74) is 1.88. The lowest BCUT2D eigenvalue weighted by Gasteiger charge is -2.13. The molecule has 3 rings (SSSR count). The summed E-state index contributed by atoms with van der Waals surface area (Å²) in [6.45, 7) is 8.78. The van der Waals surface area contributed by atoms with Gasteiger partial charge in [-0.05, 0) is 61.5 Å². The molecule has 0 spiro atoms. The van der Waals surface area contributed by atoms with Crippen LogP contribution < -0.4 is 14.2 Å². The van der Waals surface area contributed by atoms with Gasteiger partial charge in [0.25, 0.3) is 11.1 Å². The first-order valence-corrected chi connectivity index (χ1v) is 10.8. The van der Waals surface area contributed by atoms with Gasteiger partial charge in [0.05, 0.1) is 18.1 Å². The van der Waals surface area contributed by atoms with Gasteiger partial charge in [-0.2, -0.15) is 0 Å². The van der Waals surface area contributed by atoms with Crippen molar-refractivity contribution in [2.75, 3.05) is 26.4 Å². The van der Waals surface area contributed by atoms with Gasteiger partial charge in [-0.3, -0.25) is 14.5 Å². The van der Waals surface area contributed by atoms with Gasteiger partial charge >= 0.3 is 0 Å². The molecular weight excluding hydrogens is 414 g/mol. The van der Waals surface area contributed by atoms with Gasteiger partial charge in [0, 0.05) is 0 Å². The van der Waals surface area contributed by atoms with Crippen molar-refractivity contribution in [1.82, 2.24) is 4.90 Å². The molecule has 0 bridgehead atoms. The number of aryl methyl sites for hydroxylation is 1. The number of rotatable bonds is 10.